The van der Waals surface area contributed by atoms with Crippen LogP contribution in [0.3, 0.4) is 0 Å². The summed E-state index contributed by atoms with van der Waals surface area (Å²) in [4.78, 5) is 20.3. The molecule has 2 heterocycles. The van der Waals surface area contributed by atoms with Crippen molar-refractivity contribution >= 4 is 32.8 Å². The van der Waals surface area contributed by atoms with Crippen LogP contribution in [0.5, 0.6) is 0 Å². The Hall–Kier alpha value is -1.93. The van der Waals surface area contributed by atoms with Crippen molar-refractivity contribution in [2.75, 3.05) is 23.7 Å². The van der Waals surface area contributed by atoms with Crippen LogP contribution in [0.25, 0.3) is 0 Å². The largest absolute Gasteiger partial charge is 0.371 e. The van der Waals surface area contributed by atoms with E-state index in [9.17, 15) is 13.2 Å². The number of hydrogen-bond donors (Lipinski definition) is 1. The summed E-state index contributed by atoms with van der Waals surface area (Å²) in [6.45, 7) is 7.23. The summed E-state index contributed by atoms with van der Waals surface area (Å²) in [5.74, 6) is 0.0819. The molecule has 1 saturated heterocycles. The third kappa shape index (κ3) is 4.55. The zero-order valence-electron chi connectivity index (χ0n) is 16.6. The molecule has 2 aromatic rings. The zero-order valence-corrected chi connectivity index (χ0v) is 18.2. The number of benzene rings is 1. The van der Waals surface area contributed by atoms with Crippen molar-refractivity contribution in [2.24, 2.45) is 0 Å². The fourth-order valence-corrected chi connectivity index (χ4v) is 5.17. The minimum absolute atomic E-state index is 0.0257. The van der Waals surface area contributed by atoms with Crippen LogP contribution in [-0.2, 0) is 16.3 Å². The van der Waals surface area contributed by atoms with Crippen LogP contribution in [-0.4, -0.2) is 44.2 Å². The Balaban J connectivity index is 1.57. The normalized spacial score (nSPS) is 15.6. The number of anilines is 1. The van der Waals surface area contributed by atoms with E-state index in [2.05, 4.69) is 15.2 Å². The molecule has 1 amide bonds. The van der Waals surface area contributed by atoms with Gasteiger partial charge < -0.3 is 10.2 Å². The van der Waals surface area contributed by atoms with Gasteiger partial charge in [-0.1, -0.05) is 13.8 Å². The van der Waals surface area contributed by atoms with Crippen LogP contribution >= 0.6 is 11.3 Å². The van der Waals surface area contributed by atoms with E-state index in [1.54, 1.807) is 19.1 Å². The summed E-state index contributed by atoms with van der Waals surface area (Å²) in [5, 5.41) is 4.14. The van der Waals surface area contributed by atoms with E-state index in [4.69, 9.17) is 0 Å². The number of carbonyl (C=O) groups excluding carboxylic acids is 1. The summed E-state index contributed by atoms with van der Waals surface area (Å²) in [7, 11) is -3.17. The van der Waals surface area contributed by atoms with Crippen molar-refractivity contribution in [3.63, 3.8) is 0 Å². The molecule has 0 aliphatic carbocycles. The Labute approximate surface area is 170 Å². The van der Waals surface area contributed by atoms with Gasteiger partial charge in [0.2, 0.25) is 0 Å². The third-order valence-electron chi connectivity index (χ3n) is 5.12. The van der Waals surface area contributed by atoms with Gasteiger partial charge in [-0.15, -0.1) is 11.3 Å². The molecule has 28 heavy (non-hydrogen) atoms. The lowest BCUT2D eigenvalue weighted by Gasteiger charge is -2.34. The highest BCUT2D eigenvalue weighted by atomic mass is 32.2. The van der Waals surface area contributed by atoms with E-state index in [0.29, 0.717) is 9.77 Å². The molecule has 0 atom stereocenters. The van der Waals surface area contributed by atoms with E-state index in [1.165, 1.54) is 11.3 Å². The molecule has 0 unspecified atom stereocenters. The Morgan fingerprint density at radius 2 is 1.86 bits per heavy atom. The number of thiazole rings is 1. The molecule has 0 radical (unpaired) electrons. The molecule has 0 bridgehead atoms. The Morgan fingerprint density at radius 3 is 2.39 bits per heavy atom. The molecular weight excluding hydrogens is 394 g/mol. The number of carbonyl (C=O) groups is 1. The quantitative estimate of drug-likeness (QED) is 0.775. The zero-order chi connectivity index (χ0) is 20.3. The molecule has 1 aliphatic rings. The second-order valence-corrected chi connectivity index (χ2v) is 10.4. The maximum absolute atomic E-state index is 12.6. The molecule has 1 aromatic carbocycles. The van der Waals surface area contributed by atoms with Gasteiger partial charge in [0.1, 0.15) is 4.88 Å². The van der Waals surface area contributed by atoms with E-state index < -0.39 is 9.84 Å². The van der Waals surface area contributed by atoms with Gasteiger partial charge in [0.05, 0.1) is 21.3 Å². The van der Waals surface area contributed by atoms with Gasteiger partial charge in [-0.25, -0.2) is 13.4 Å². The van der Waals surface area contributed by atoms with Crippen LogP contribution in [0.1, 0.15) is 47.1 Å². The SMILES string of the molecule is CCc1nc(C)c(C(=O)NC2CCN(c3ccc(S(=O)(=O)CC)cc3)CC2)s1. The van der Waals surface area contributed by atoms with Crippen LogP contribution in [0.15, 0.2) is 29.2 Å². The maximum Gasteiger partial charge on any atom is 0.263 e. The van der Waals surface area contributed by atoms with Crippen LogP contribution in [0, 0.1) is 6.92 Å². The van der Waals surface area contributed by atoms with Crippen molar-refractivity contribution in [3.05, 3.63) is 39.8 Å². The first kappa shape index (κ1) is 20.8. The first-order chi connectivity index (χ1) is 13.3. The number of aromatic nitrogens is 1. The highest BCUT2D eigenvalue weighted by molar-refractivity contribution is 7.91. The minimum atomic E-state index is -3.17. The summed E-state index contributed by atoms with van der Waals surface area (Å²) >= 11 is 1.48. The van der Waals surface area contributed by atoms with E-state index >= 15 is 0 Å². The number of piperidine rings is 1. The smallest absolute Gasteiger partial charge is 0.263 e. The molecule has 0 saturated carbocycles. The third-order valence-corrected chi connectivity index (χ3v) is 8.17. The monoisotopic (exact) mass is 421 g/mol. The number of nitrogens with one attached hydrogen (secondary N) is 1. The second kappa shape index (κ2) is 8.61. The fraction of sp³-hybridized carbons (Fsp3) is 0.500. The van der Waals surface area contributed by atoms with E-state index in [0.717, 1.165) is 48.7 Å². The Kier molecular flexibility index (Phi) is 6.40. The molecule has 0 spiro atoms. The minimum Gasteiger partial charge on any atom is -0.371 e. The predicted molar refractivity (Wildman–Crippen MR) is 113 cm³/mol. The first-order valence-electron chi connectivity index (χ1n) is 9.69. The van der Waals surface area contributed by atoms with Crippen molar-refractivity contribution in [1.82, 2.24) is 10.3 Å². The van der Waals surface area contributed by atoms with Crippen LogP contribution in [0.4, 0.5) is 5.69 Å². The lowest BCUT2D eigenvalue weighted by atomic mass is 10.0. The van der Waals surface area contributed by atoms with E-state index in [-0.39, 0.29) is 17.7 Å². The van der Waals surface area contributed by atoms with Crippen molar-refractivity contribution in [1.29, 1.82) is 0 Å². The molecule has 8 heteroatoms. The van der Waals surface area contributed by atoms with Gasteiger partial charge in [-0.3, -0.25) is 4.79 Å². The summed E-state index contributed by atoms with van der Waals surface area (Å²) < 4.78 is 23.9. The van der Waals surface area contributed by atoms with Crippen molar-refractivity contribution < 1.29 is 13.2 Å². The molecule has 1 aliphatic heterocycles. The van der Waals surface area contributed by atoms with Crippen LogP contribution < -0.4 is 10.2 Å². The van der Waals surface area contributed by atoms with Gasteiger partial charge in [0.15, 0.2) is 9.84 Å². The number of sulfone groups is 1. The Morgan fingerprint density at radius 1 is 1.21 bits per heavy atom. The van der Waals surface area contributed by atoms with E-state index in [1.807, 2.05) is 26.0 Å². The van der Waals surface area contributed by atoms with Gasteiger partial charge in [0.25, 0.3) is 5.91 Å². The molecule has 1 aromatic heterocycles. The lowest BCUT2D eigenvalue weighted by Crippen LogP contribution is -2.44. The highest BCUT2D eigenvalue weighted by Crippen LogP contribution is 2.23. The summed E-state index contributed by atoms with van der Waals surface area (Å²) in [6.07, 6.45) is 2.56. The predicted octanol–water partition coefficient (Wildman–Crippen LogP) is 3.21. The van der Waals surface area contributed by atoms with Gasteiger partial charge in [-0.05, 0) is 50.5 Å². The highest BCUT2D eigenvalue weighted by Gasteiger charge is 2.23. The van der Waals surface area contributed by atoms with Crippen LogP contribution in [0.2, 0.25) is 0 Å². The molecular formula is C20H27N3O3S2. The van der Waals surface area contributed by atoms with Gasteiger partial charge in [-0.2, -0.15) is 0 Å². The second-order valence-electron chi connectivity index (χ2n) is 7.01. The molecule has 152 valence electrons. The lowest BCUT2D eigenvalue weighted by molar-refractivity contribution is 0.0934. The number of hydrogen-bond acceptors (Lipinski definition) is 6. The average Bonchev–Trinajstić information content (AvgIpc) is 3.09. The molecule has 6 nitrogen and oxygen atoms in total. The molecule has 1 fully saturated rings. The molecule has 3 rings (SSSR count). The first-order valence-corrected chi connectivity index (χ1v) is 12.2. The summed E-state index contributed by atoms with van der Waals surface area (Å²) in [5.41, 5.74) is 1.82. The van der Waals surface area contributed by atoms with Crippen molar-refractivity contribution in [3.8, 4) is 0 Å². The van der Waals surface area contributed by atoms with Crippen molar-refractivity contribution in [2.45, 2.75) is 51.0 Å². The number of aryl methyl sites for hydroxylation is 2. The maximum atomic E-state index is 12.6. The summed E-state index contributed by atoms with van der Waals surface area (Å²) in [6, 6.07) is 7.25. The number of nitrogens with zero attached hydrogens (tertiary/aromatic N) is 2. The molecule has 1 N–H and O–H groups in total. The topological polar surface area (TPSA) is 79.4 Å². The number of rotatable bonds is 6. The van der Waals surface area contributed by atoms with Gasteiger partial charge >= 0.3 is 0 Å². The standard InChI is InChI=1S/C20H27N3O3S2/c1-4-18-21-14(3)19(27-18)20(24)22-15-10-12-23(13-11-15)16-6-8-17(9-7-16)28(25,26)5-2/h6-9,15H,4-5,10-13H2,1-3H3,(H,22,24). The Bertz CT molecular complexity index is 928. The van der Waals surface area contributed by atoms with Gasteiger partial charge in [0, 0.05) is 24.8 Å². The average molecular weight is 422 g/mol. The fourth-order valence-electron chi connectivity index (χ4n) is 3.38. The number of amides is 1.